The molecule has 3 N–H and O–H groups in total. The van der Waals surface area contributed by atoms with E-state index in [0.717, 1.165) is 17.0 Å². The average Bonchev–Trinajstić information content (AvgIpc) is 3.29. The number of furan rings is 1. The third-order valence-electron chi connectivity index (χ3n) is 3.88. The van der Waals surface area contributed by atoms with Crippen molar-refractivity contribution >= 4 is 17.2 Å². The summed E-state index contributed by atoms with van der Waals surface area (Å²) in [7, 11) is 1.66. The van der Waals surface area contributed by atoms with Gasteiger partial charge in [0.25, 0.3) is 0 Å². The highest BCUT2D eigenvalue weighted by Crippen LogP contribution is 2.23. The molecule has 0 saturated carbocycles. The molecule has 3 heterocycles. The lowest BCUT2D eigenvalue weighted by molar-refractivity contribution is 0.410. The van der Waals surface area contributed by atoms with Crippen molar-refractivity contribution in [2.24, 2.45) is 0 Å². The number of nitrogen functional groups attached to an aromatic ring is 1. The minimum atomic E-state index is 0.491. The van der Waals surface area contributed by atoms with Gasteiger partial charge in [-0.3, -0.25) is 0 Å². The van der Waals surface area contributed by atoms with Crippen LogP contribution in [0.5, 0.6) is 5.75 Å². The van der Waals surface area contributed by atoms with Crippen LogP contribution in [0.2, 0.25) is 0 Å². The summed E-state index contributed by atoms with van der Waals surface area (Å²) in [6.07, 6.45) is 1.59. The SMILES string of the molecule is COc1ccccc1CNc1cc(N)n2nc(-c3ccco3)nc2c1. The minimum absolute atomic E-state index is 0.491. The molecule has 4 aromatic rings. The molecule has 3 aromatic heterocycles. The predicted molar refractivity (Wildman–Crippen MR) is 95.4 cm³/mol. The molecular weight excluding hydrogens is 318 g/mol. The van der Waals surface area contributed by atoms with Crippen molar-refractivity contribution in [3.8, 4) is 17.3 Å². The van der Waals surface area contributed by atoms with E-state index in [1.807, 2.05) is 42.5 Å². The number of para-hydroxylation sites is 1. The molecule has 0 bridgehead atoms. The van der Waals surface area contributed by atoms with Gasteiger partial charge in [0.05, 0.1) is 13.4 Å². The molecule has 0 saturated heterocycles. The van der Waals surface area contributed by atoms with Crippen LogP contribution in [0.15, 0.2) is 59.2 Å². The smallest absolute Gasteiger partial charge is 0.217 e. The van der Waals surface area contributed by atoms with Crippen molar-refractivity contribution in [1.29, 1.82) is 0 Å². The lowest BCUT2D eigenvalue weighted by Crippen LogP contribution is -2.04. The maximum Gasteiger partial charge on any atom is 0.217 e. The highest BCUT2D eigenvalue weighted by molar-refractivity contribution is 5.64. The second-order valence-corrected chi connectivity index (χ2v) is 5.52. The number of nitrogens with zero attached hydrogens (tertiary/aromatic N) is 3. The molecular formula is C18H17N5O2. The molecule has 7 heteroatoms. The Morgan fingerprint density at radius 2 is 2.08 bits per heavy atom. The van der Waals surface area contributed by atoms with Gasteiger partial charge in [-0.15, -0.1) is 5.10 Å². The van der Waals surface area contributed by atoms with E-state index < -0.39 is 0 Å². The van der Waals surface area contributed by atoms with Crippen molar-refractivity contribution < 1.29 is 9.15 Å². The molecule has 0 aliphatic rings. The first-order chi connectivity index (χ1) is 12.2. The van der Waals surface area contributed by atoms with Crippen molar-refractivity contribution in [1.82, 2.24) is 14.6 Å². The fourth-order valence-corrected chi connectivity index (χ4v) is 2.67. The molecule has 0 atom stereocenters. The zero-order valence-electron chi connectivity index (χ0n) is 13.6. The second kappa shape index (κ2) is 6.20. The summed E-state index contributed by atoms with van der Waals surface area (Å²) in [6.45, 7) is 0.610. The van der Waals surface area contributed by atoms with E-state index in [9.17, 15) is 0 Å². The number of methoxy groups -OCH3 is 1. The predicted octanol–water partition coefficient (Wildman–Crippen LogP) is 3.19. The van der Waals surface area contributed by atoms with E-state index in [4.69, 9.17) is 14.9 Å². The van der Waals surface area contributed by atoms with Gasteiger partial charge in [0.15, 0.2) is 11.4 Å². The summed E-state index contributed by atoms with van der Waals surface area (Å²) in [5.74, 6) is 2.43. The molecule has 0 aliphatic heterocycles. The molecule has 0 radical (unpaired) electrons. The van der Waals surface area contributed by atoms with E-state index >= 15 is 0 Å². The first kappa shape index (κ1) is 15.1. The standard InChI is InChI=1S/C18H17N5O2/c1-24-14-6-3-2-5-12(14)11-20-13-9-16(19)23-17(10-13)21-18(22-23)15-7-4-8-25-15/h2-10,20H,11,19H2,1H3. The van der Waals surface area contributed by atoms with E-state index in [2.05, 4.69) is 15.4 Å². The number of anilines is 2. The quantitative estimate of drug-likeness (QED) is 0.582. The Balaban J connectivity index is 1.62. The fraction of sp³-hybridized carbons (Fsp3) is 0.111. The van der Waals surface area contributed by atoms with Crippen LogP contribution < -0.4 is 15.8 Å². The maximum absolute atomic E-state index is 6.11. The number of pyridine rings is 1. The van der Waals surface area contributed by atoms with E-state index in [-0.39, 0.29) is 0 Å². The number of ether oxygens (including phenoxy) is 1. The Labute approximate surface area is 144 Å². The zero-order valence-corrected chi connectivity index (χ0v) is 13.6. The Hall–Kier alpha value is -3.48. The summed E-state index contributed by atoms with van der Waals surface area (Å²) >= 11 is 0. The first-order valence-electron chi connectivity index (χ1n) is 7.80. The van der Waals surface area contributed by atoms with Crippen molar-refractivity contribution in [3.63, 3.8) is 0 Å². The van der Waals surface area contributed by atoms with Gasteiger partial charge in [-0.2, -0.15) is 4.52 Å². The monoisotopic (exact) mass is 335 g/mol. The van der Waals surface area contributed by atoms with Crippen LogP contribution in [0.25, 0.3) is 17.2 Å². The molecule has 0 fully saturated rings. The zero-order chi connectivity index (χ0) is 17.2. The minimum Gasteiger partial charge on any atom is -0.496 e. The second-order valence-electron chi connectivity index (χ2n) is 5.52. The molecule has 0 unspecified atom stereocenters. The third kappa shape index (κ3) is 2.87. The molecule has 126 valence electrons. The van der Waals surface area contributed by atoms with E-state index in [1.165, 1.54) is 0 Å². The number of fused-ring (bicyclic) bond motifs is 1. The van der Waals surface area contributed by atoms with Gasteiger partial charge in [-0.25, -0.2) is 4.98 Å². The molecule has 25 heavy (non-hydrogen) atoms. The number of nitrogens with two attached hydrogens (primary N) is 1. The number of hydrogen-bond donors (Lipinski definition) is 2. The van der Waals surface area contributed by atoms with Crippen LogP contribution in [-0.4, -0.2) is 21.7 Å². The normalized spacial score (nSPS) is 10.9. The van der Waals surface area contributed by atoms with Gasteiger partial charge in [0.2, 0.25) is 5.82 Å². The first-order valence-corrected chi connectivity index (χ1v) is 7.80. The number of benzene rings is 1. The van der Waals surface area contributed by atoms with Crippen LogP contribution >= 0.6 is 0 Å². The van der Waals surface area contributed by atoms with Crippen LogP contribution in [-0.2, 0) is 6.54 Å². The molecule has 0 amide bonds. The van der Waals surface area contributed by atoms with Gasteiger partial charge in [-0.05, 0) is 18.2 Å². The lowest BCUT2D eigenvalue weighted by Gasteiger charge is -2.11. The number of hydrogen-bond acceptors (Lipinski definition) is 6. The summed E-state index contributed by atoms with van der Waals surface area (Å²) < 4.78 is 12.3. The summed E-state index contributed by atoms with van der Waals surface area (Å²) in [5.41, 5.74) is 8.67. The number of rotatable bonds is 5. The lowest BCUT2D eigenvalue weighted by atomic mass is 10.2. The van der Waals surface area contributed by atoms with Crippen LogP contribution in [0.3, 0.4) is 0 Å². The Morgan fingerprint density at radius 3 is 2.88 bits per heavy atom. The molecule has 0 spiro atoms. The van der Waals surface area contributed by atoms with Gasteiger partial charge >= 0.3 is 0 Å². The average molecular weight is 335 g/mol. The topological polar surface area (TPSA) is 90.6 Å². The van der Waals surface area contributed by atoms with Crippen LogP contribution in [0, 0.1) is 0 Å². The fourth-order valence-electron chi connectivity index (χ4n) is 2.67. The highest BCUT2D eigenvalue weighted by atomic mass is 16.5. The highest BCUT2D eigenvalue weighted by Gasteiger charge is 2.11. The maximum atomic E-state index is 6.11. The van der Waals surface area contributed by atoms with Gasteiger partial charge < -0.3 is 20.2 Å². The molecule has 1 aromatic carbocycles. The number of aromatic nitrogens is 3. The van der Waals surface area contributed by atoms with Crippen LogP contribution in [0.4, 0.5) is 11.5 Å². The molecule has 0 aliphatic carbocycles. The van der Waals surface area contributed by atoms with Gasteiger partial charge in [0, 0.05) is 29.9 Å². The van der Waals surface area contributed by atoms with Crippen molar-refractivity contribution in [3.05, 3.63) is 60.4 Å². The summed E-state index contributed by atoms with van der Waals surface area (Å²) in [5, 5.41) is 7.73. The summed E-state index contributed by atoms with van der Waals surface area (Å²) in [6, 6.07) is 15.2. The van der Waals surface area contributed by atoms with Gasteiger partial charge in [0.1, 0.15) is 11.6 Å². The molecule has 7 nitrogen and oxygen atoms in total. The van der Waals surface area contributed by atoms with E-state index in [0.29, 0.717) is 29.6 Å². The molecule has 4 rings (SSSR count). The number of nitrogens with one attached hydrogen (secondary N) is 1. The Morgan fingerprint density at radius 1 is 1.20 bits per heavy atom. The van der Waals surface area contributed by atoms with Crippen LogP contribution in [0.1, 0.15) is 5.56 Å². The van der Waals surface area contributed by atoms with Gasteiger partial charge in [-0.1, -0.05) is 18.2 Å². The van der Waals surface area contributed by atoms with E-state index in [1.54, 1.807) is 24.0 Å². The van der Waals surface area contributed by atoms with Crippen molar-refractivity contribution in [2.75, 3.05) is 18.2 Å². The largest absolute Gasteiger partial charge is 0.496 e. The summed E-state index contributed by atoms with van der Waals surface area (Å²) in [4.78, 5) is 4.48. The Bertz CT molecular complexity index is 1010. The van der Waals surface area contributed by atoms with Crippen molar-refractivity contribution in [2.45, 2.75) is 6.54 Å². The Kier molecular flexibility index (Phi) is 3.74. The third-order valence-corrected chi connectivity index (χ3v) is 3.88.